The van der Waals surface area contributed by atoms with Gasteiger partial charge < -0.3 is 5.32 Å². The average Bonchev–Trinajstić information content (AvgIpc) is 2.31. The highest BCUT2D eigenvalue weighted by Crippen LogP contribution is 2.32. The lowest BCUT2D eigenvalue weighted by molar-refractivity contribution is -0.119. The summed E-state index contributed by atoms with van der Waals surface area (Å²) in [5.41, 5.74) is 0. The Morgan fingerprint density at radius 3 is 3.00 bits per heavy atom. The first-order chi connectivity index (χ1) is 5.27. The maximum atomic E-state index is 13.1. The quantitative estimate of drug-likeness (QED) is 0.558. The van der Waals surface area contributed by atoms with Gasteiger partial charge in [0.05, 0.1) is 6.04 Å². The average molecular weight is 157 g/mol. The standard InChI is InChI=1S/C8H12FNO/c9-6-3-1-2-5-4-7(11)10-8(5)6/h5-6,8H,1-4H2,(H,10,11). The molecule has 2 fully saturated rings. The van der Waals surface area contributed by atoms with Crippen molar-refractivity contribution in [3.8, 4) is 0 Å². The van der Waals surface area contributed by atoms with Gasteiger partial charge in [-0.2, -0.15) is 0 Å². The van der Waals surface area contributed by atoms with Crippen LogP contribution in [0.15, 0.2) is 0 Å². The molecule has 2 nitrogen and oxygen atoms in total. The largest absolute Gasteiger partial charge is 0.350 e. The summed E-state index contributed by atoms with van der Waals surface area (Å²) in [5, 5.41) is 2.69. The van der Waals surface area contributed by atoms with E-state index in [4.69, 9.17) is 0 Å². The van der Waals surface area contributed by atoms with E-state index >= 15 is 0 Å². The molecule has 2 rings (SSSR count). The fourth-order valence-corrected chi connectivity index (χ4v) is 2.15. The van der Waals surface area contributed by atoms with Crippen LogP contribution in [0.5, 0.6) is 0 Å². The molecule has 1 saturated carbocycles. The second-order valence-electron chi connectivity index (χ2n) is 3.50. The number of carbonyl (C=O) groups is 1. The van der Waals surface area contributed by atoms with Crippen molar-refractivity contribution in [2.24, 2.45) is 5.92 Å². The molecule has 1 aliphatic carbocycles. The normalized spacial score (nSPS) is 43.4. The van der Waals surface area contributed by atoms with Crippen LogP contribution < -0.4 is 5.32 Å². The van der Waals surface area contributed by atoms with Gasteiger partial charge in [-0.15, -0.1) is 0 Å². The van der Waals surface area contributed by atoms with Crippen molar-refractivity contribution in [2.45, 2.75) is 37.9 Å². The smallest absolute Gasteiger partial charge is 0.220 e. The summed E-state index contributed by atoms with van der Waals surface area (Å²) in [6.45, 7) is 0. The fraction of sp³-hybridized carbons (Fsp3) is 0.875. The van der Waals surface area contributed by atoms with E-state index < -0.39 is 6.17 Å². The summed E-state index contributed by atoms with van der Waals surface area (Å²) in [4.78, 5) is 10.9. The summed E-state index contributed by atoms with van der Waals surface area (Å²) < 4.78 is 13.1. The van der Waals surface area contributed by atoms with Gasteiger partial charge in [0.1, 0.15) is 6.17 Å². The van der Waals surface area contributed by atoms with Crippen LogP contribution in [0.2, 0.25) is 0 Å². The monoisotopic (exact) mass is 157 g/mol. The predicted octanol–water partition coefficient (Wildman–Crippen LogP) is 1.01. The van der Waals surface area contributed by atoms with Crippen LogP contribution in [0.1, 0.15) is 25.7 Å². The highest BCUT2D eigenvalue weighted by atomic mass is 19.1. The van der Waals surface area contributed by atoms with Gasteiger partial charge in [-0.05, 0) is 18.8 Å². The second kappa shape index (κ2) is 2.47. The van der Waals surface area contributed by atoms with Crippen LogP contribution in [0.3, 0.4) is 0 Å². The molecule has 1 saturated heterocycles. The van der Waals surface area contributed by atoms with Gasteiger partial charge in [0.25, 0.3) is 0 Å². The van der Waals surface area contributed by atoms with E-state index in [-0.39, 0.29) is 17.9 Å². The zero-order chi connectivity index (χ0) is 7.84. The number of alkyl halides is 1. The van der Waals surface area contributed by atoms with Crippen molar-refractivity contribution >= 4 is 5.91 Å². The minimum Gasteiger partial charge on any atom is -0.350 e. The van der Waals surface area contributed by atoms with E-state index in [9.17, 15) is 9.18 Å². The summed E-state index contributed by atoms with van der Waals surface area (Å²) in [5.74, 6) is 0.316. The minimum absolute atomic E-state index is 0.0320. The first-order valence-electron chi connectivity index (χ1n) is 4.21. The molecule has 0 aromatic rings. The number of amides is 1. The molecule has 3 atom stereocenters. The highest BCUT2D eigenvalue weighted by Gasteiger charge is 2.40. The molecule has 11 heavy (non-hydrogen) atoms. The lowest BCUT2D eigenvalue weighted by Gasteiger charge is -2.27. The number of nitrogens with one attached hydrogen (secondary N) is 1. The van der Waals surface area contributed by atoms with E-state index in [2.05, 4.69) is 5.32 Å². The van der Waals surface area contributed by atoms with Crippen LogP contribution in [0.25, 0.3) is 0 Å². The Bertz CT molecular complexity index is 183. The van der Waals surface area contributed by atoms with Crippen molar-refractivity contribution in [3.05, 3.63) is 0 Å². The lowest BCUT2D eigenvalue weighted by atomic mass is 9.84. The Morgan fingerprint density at radius 1 is 1.45 bits per heavy atom. The number of hydrogen-bond donors (Lipinski definition) is 1. The van der Waals surface area contributed by atoms with Crippen molar-refractivity contribution in [2.75, 3.05) is 0 Å². The van der Waals surface area contributed by atoms with Crippen LogP contribution in [-0.2, 0) is 4.79 Å². The van der Waals surface area contributed by atoms with Gasteiger partial charge in [-0.1, -0.05) is 6.42 Å². The molecule has 62 valence electrons. The Balaban J connectivity index is 2.09. The Hall–Kier alpha value is -0.600. The third kappa shape index (κ3) is 1.12. The van der Waals surface area contributed by atoms with Gasteiger partial charge in [0, 0.05) is 6.42 Å². The molecule has 3 unspecified atom stereocenters. The summed E-state index contributed by atoms with van der Waals surface area (Å²) >= 11 is 0. The first-order valence-corrected chi connectivity index (χ1v) is 4.21. The van der Waals surface area contributed by atoms with Crippen LogP contribution in [0, 0.1) is 5.92 Å². The van der Waals surface area contributed by atoms with E-state index in [1.807, 2.05) is 0 Å². The number of carbonyl (C=O) groups excluding carboxylic acids is 1. The molecule has 3 heteroatoms. The third-order valence-corrected chi connectivity index (χ3v) is 2.73. The molecule has 1 heterocycles. The van der Waals surface area contributed by atoms with Crippen molar-refractivity contribution in [1.82, 2.24) is 5.32 Å². The maximum Gasteiger partial charge on any atom is 0.220 e. The van der Waals surface area contributed by atoms with Crippen molar-refractivity contribution in [3.63, 3.8) is 0 Å². The number of hydrogen-bond acceptors (Lipinski definition) is 1. The molecule has 1 N–H and O–H groups in total. The molecule has 0 aromatic heterocycles. The maximum absolute atomic E-state index is 13.1. The minimum atomic E-state index is -0.791. The van der Waals surface area contributed by atoms with E-state index in [1.54, 1.807) is 0 Å². The lowest BCUT2D eigenvalue weighted by Crippen LogP contribution is -2.40. The molecule has 0 aromatic carbocycles. The molecule has 0 radical (unpaired) electrons. The molecule has 2 aliphatic rings. The van der Waals surface area contributed by atoms with Gasteiger partial charge in [0.15, 0.2) is 0 Å². The number of rotatable bonds is 0. The zero-order valence-electron chi connectivity index (χ0n) is 6.35. The molecule has 1 amide bonds. The van der Waals surface area contributed by atoms with Gasteiger partial charge in [-0.3, -0.25) is 4.79 Å². The van der Waals surface area contributed by atoms with E-state index in [0.717, 1.165) is 12.8 Å². The highest BCUT2D eigenvalue weighted by molar-refractivity contribution is 5.79. The molecular weight excluding hydrogens is 145 g/mol. The Labute approximate surface area is 65.2 Å². The Morgan fingerprint density at radius 2 is 2.27 bits per heavy atom. The van der Waals surface area contributed by atoms with Crippen LogP contribution >= 0.6 is 0 Å². The fourth-order valence-electron chi connectivity index (χ4n) is 2.15. The van der Waals surface area contributed by atoms with Crippen molar-refractivity contribution < 1.29 is 9.18 Å². The molecule has 0 spiro atoms. The summed E-state index contributed by atoms with van der Waals surface area (Å²) in [6.07, 6.45) is 2.34. The van der Waals surface area contributed by atoms with Crippen molar-refractivity contribution in [1.29, 1.82) is 0 Å². The van der Waals surface area contributed by atoms with Gasteiger partial charge in [0.2, 0.25) is 5.91 Å². The SMILES string of the molecule is O=C1CC2CCCC(F)C2N1. The summed E-state index contributed by atoms with van der Waals surface area (Å²) in [6, 6.07) is -0.156. The van der Waals surface area contributed by atoms with E-state index in [0.29, 0.717) is 12.8 Å². The van der Waals surface area contributed by atoms with Gasteiger partial charge >= 0.3 is 0 Å². The summed E-state index contributed by atoms with van der Waals surface area (Å²) in [7, 11) is 0. The number of fused-ring (bicyclic) bond motifs is 1. The zero-order valence-corrected chi connectivity index (χ0v) is 6.35. The molecule has 0 bridgehead atoms. The molecule has 1 aliphatic heterocycles. The first kappa shape index (κ1) is 7.07. The topological polar surface area (TPSA) is 29.1 Å². The van der Waals surface area contributed by atoms with Crippen LogP contribution in [0.4, 0.5) is 4.39 Å². The molecular formula is C8H12FNO. The van der Waals surface area contributed by atoms with Crippen LogP contribution in [-0.4, -0.2) is 18.1 Å². The Kier molecular flexibility index (Phi) is 1.59. The number of halogens is 1. The van der Waals surface area contributed by atoms with E-state index in [1.165, 1.54) is 0 Å². The second-order valence-corrected chi connectivity index (χ2v) is 3.50. The predicted molar refractivity (Wildman–Crippen MR) is 38.8 cm³/mol. The third-order valence-electron chi connectivity index (χ3n) is 2.73. The van der Waals surface area contributed by atoms with Gasteiger partial charge in [-0.25, -0.2) is 4.39 Å².